The number of aliphatic hydroxyl groups excluding tert-OH is 1. The molecule has 0 aliphatic carbocycles. The quantitative estimate of drug-likeness (QED) is 0.714. The second-order valence-corrected chi connectivity index (χ2v) is 6.56. The van der Waals surface area contributed by atoms with Gasteiger partial charge in [-0.05, 0) is 49.9 Å². The molecule has 0 aliphatic heterocycles. The summed E-state index contributed by atoms with van der Waals surface area (Å²) in [4.78, 5) is 12.5. The van der Waals surface area contributed by atoms with Gasteiger partial charge in [-0.25, -0.2) is 9.18 Å². The first kappa shape index (κ1) is 18.9. The van der Waals surface area contributed by atoms with Gasteiger partial charge < -0.3 is 15.7 Å². The summed E-state index contributed by atoms with van der Waals surface area (Å²) in [5.41, 5.74) is 1.16. The van der Waals surface area contributed by atoms with E-state index >= 15 is 0 Å². The lowest BCUT2D eigenvalue weighted by molar-refractivity contribution is 0.222. The van der Waals surface area contributed by atoms with E-state index in [0.29, 0.717) is 12.8 Å². The van der Waals surface area contributed by atoms with Crippen LogP contribution in [0.2, 0.25) is 0 Å². The number of nitrogens with one attached hydrogen (secondary N) is 2. The predicted molar refractivity (Wildman–Crippen MR) is 96.6 cm³/mol. The van der Waals surface area contributed by atoms with Crippen molar-refractivity contribution >= 4 is 6.03 Å². The van der Waals surface area contributed by atoms with Crippen LogP contribution in [0.15, 0.2) is 54.6 Å². The molecule has 2 aromatic carbocycles. The summed E-state index contributed by atoms with van der Waals surface area (Å²) in [6.45, 7) is 3.81. The van der Waals surface area contributed by atoms with Crippen LogP contribution in [0, 0.1) is 5.82 Å². The molecule has 0 saturated heterocycles. The molecular weight excluding hydrogens is 319 g/mol. The average molecular weight is 344 g/mol. The monoisotopic (exact) mass is 344 g/mol. The Balaban J connectivity index is 2.06. The Bertz CT molecular complexity index is 672. The first-order chi connectivity index (χ1) is 11.9. The number of carbonyl (C=O) groups excluding carboxylic acids is 1. The van der Waals surface area contributed by atoms with E-state index in [1.54, 1.807) is 12.1 Å². The van der Waals surface area contributed by atoms with E-state index in [9.17, 15) is 9.18 Å². The molecule has 0 bridgehead atoms. The van der Waals surface area contributed by atoms with E-state index in [4.69, 9.17) is 5.11 Å². The molecule has 2 aromatic rings. The highest BCUT2D eigenvalue weighted by Gasteiger charge is 2.24. The topological polar surface area (TPSA) is 61.4 Å². The van der Waals surface area contributed by atoms with E-state index in [1.807, 2.05) is 44.2 Å². The molecule has 3 N–H and O–H groups in total. The summed E-state index contributed by atoms with van der Waals surface area (Å²) in [5.74, 6) is -0.308. The van der Waals surface area contributed by atoms with Crippen LogP contribution in [0.3, 0.4) is 0 Å². The molecule has 1 atom stereocenters. The lowest BCUT2D eigenvalue weighted by Crippen LogP contribution is -2.47. The maximum atomic E-state index is 13.1. The molecule has 0 fully saturated rings. The summed E-state index contributed by atoms with van der Waals surface area (Å²) < 4.78 is 13.1. The van der Waals surface area contributed by atoms with E-state index in [-0.39, 0.29) is 24.5 Å². The first-order valence-electron chi connectivity index (χ1n) is 8.43. The van der Waals surface area contributed by atoms with Gasteiger partial charge in [-0.2, -0.15) is 0 Å². The van der Waals surface area contributed by atoms with Crippen molar-refractivity contribution in [3.05, 3.63) is 71.5 Å². The number of carbonyl (C=O) groups is 1. The second kappa shape index (κ2) is 8.62. The molecule has 2 rings (SSSR count). The molecule has 1 unspecified atom stereocenters. The third-order valence-electron chi connectivity index (χ3n) is 4.15. The highest BCUT2D eigenvalue weighted by molar-refractivity contribution is 5.75. The number of benzene rings is 2. The fraction of sp³-hybridized carbons (Fsp3) is 0.350. The van der Waals surface area contributed by atoms with Crippen LogP contribution < -0.4 is 10.6 Å². The predicted octanol–water partition coefficient (Wildman–Crippen LogP) is 3.87. The van der Waals surface area contributed by atoms with Gasteiger partial charge in [0.05, 0.1) is 11.6 Å². The van der Waals surface area contributed by atoms with Crippen LogP contribution in [0.4, 0.5) is 9.18 Å². The van der Waals surface area contributed by atoms with Gasteiger partial charge in [0.25, 0.3) is 0 Å². The van der Waals surface area contributed by atoms with Crippen molar-refractivity contribution in [1.29, 1.82) is 0 Å². The number of rotatable bonds is 7. The Morgan fingerprint density at radius 2 is 1.76 bits per heavy atom. The maximum absolute atomic E-state index is 13.1. The summed E-state index contributed by atoms with van der Waals surface area (Å²) in [6, 6.07) is 15.3. The molecule has 0 aliphatic rings. The van der Waals surface area contributed by atoms with Crippen LogP contribution in [0.1, 0.15) is 43.9 Å². The second-order valence-electron chi connectivity index (χ2n) is 6.56. The summed E-state index contributed by atoms with van der Waals surface area (Å²) >= 11 is 0. The van der Waals surface area contributed by atoms with Crippen molar-refractivity contribution in [3.8, 4) is 0 Å². The number of hydrogen-bond acceptors (Lipinski definition) is 2. The highest BCUT2D eigenvalue weighted by Crippen LogP contribution is 2.22. The lowest BCUT2D eigenvalue weighted by atomic mass is 9.94. The number of hydrogen-bond donors (Lipinski definition) is 3. The Morgan fingerprint density at radius 3 is 2.36 bits per heavy atom. The zero-order chi connectivity index (χ0) is 18.3. The van der Waals surface area contributed by atoms with Gasteiger partial charge in [0.15, 0.2) is 0 Å². The minimum Gasteiger partial charge on any atom is -0.396 e. The molecule has 4 nitrogen and oxygen atoms in total. The standard InChI is InChI=1S/C20H25FN2O2/c1-20(2,16-10-12-17(21)13-11-16)23-19(25)22-18(9-6-14-24)15-7-4-3-5-8-15/h3-5,7-8,10-13,18,24H,6,9,14H2,1-2H3,(H2,22,23,25). The zero-order valence-electron chi connectivity index (χ0n) is 14.6. The van der Waals surface area contributed by atoms with Crippen molar-refractivity contribution < 1.29 is 14.3 Å². The van der Waals surface area contributed by atoms with Crippen molar-refractivity contribution in [2.75, 3.05) is 6.61 Å². The third kappa shape index (κ3) is 5.57. The molecule has 134 valence electrons. The Hall–Kier alpha value is -2.40. The summed E-state index contributed by atoms with van der Waals surface area (Å²) in [7, 11) is 0. The van der Waals surface area contributed by atoms with Gasteiger partial charge in [-0.3, -0.25) is 0 Å². The van der Waals surface area contributed by atoms with Crippen LogP contribution in [0.25, 0.3) is 0 Å². The highest BCUT2D eigenvalue weighted by atomic mass is 19.1. The smallest absolute Gasteiger partial charge is 0.315 e. The fourth-order valence-electron chi connectivity index (χ4n) is 2.72. The molecule has 25 heavy (non-hydrogen) atoms. The number of halogens is 1. The SMILES string of the molecule is CC(C)(NC(=O)NC(CCCO)c1ccccc1)c1ccc(F)cc1. The molecule has 0 aromatic heterocycles. The lowest BCUT2D eigenvalue weighted by Gasteiger charge is -2.29. The van der Waals surface area contributed by atoms with Gasteiger partial charge in [0.2, 0.25) is 0 Å². The van der Waals surface area contributed by atoms with Crippen molar-refractivity contribution in [2.45, 2.75) is 38.3 Å². The van der Waals surface area contributed by atoms with E-state index < -0.39 is 5.54 Å². The molecule has 2 amide bonds. The van der Waals surface area contributed by atoms with Crippen molar-refractivity contribution in [3.63, 3.8) is 0 Å². The Morgan fingerprint density at radius 1 is 1.12 bits per heavy atom. The molecule has 0 heterocycles. The first-order valence-corrected chi connectivity index (χ1v) is 8.43. The van der Waals surface area contributed by atoms with Gasteiger partial charge in [0, 0.05) is 6.61 Å². The van der Waals surface area contributed by atoms with E-state index in [2.05, 4.69) is 10.6 Å². The normalized spacial score (nSPS) is 12.5. The van der Waals surface area contributed by atoms with Crippen molar-refractivity contribution in [2.24, 2.45) is 0 Å². The molecular formula is C20H25FN2O2. The number of amides is 2. The van der Waals surface area contributed by atoms with Gasteiger partial charge in [-0.1, -0.05) is 42.5 Å². The van der Waals surface area contributed by atoms with Crippen LogP contribution >= 0.6 is 0 Å². The summed E-state index contributed by atoms with van der Waals surface area (Å²) in [5, 5.41) is 15.0. The average Bonchev–Trinajstić information content (AvgIpc) is 2.59. The van der Waals surface area contributed by atoms with E-state index in [0.717, 1.165) is 11.1 Å². The maximum Gasteiger partial charge on any atom is 0.315 e. The van der Waals surface area contributed by atoms with Gasteiger partial charge in [0.1, 0.15) is 5.82 Å². The Labute approximate surface area is 148 Å². The molecule has 5 heteroatoms. The molecule has 0 radical (unpaired) electrons. The number of aliphatic hydroxyl groups is 1. The fourth-order valence-corrected chi connectivity index (χ4v) is 2.72. The van der Waals surface area contributed by atoms with Gasteiger partial charge in [-0.15, -0.1) is 0 Å². The summed E-state index contributed by atoms with van der Waals surface area (Å²) in [6.07, 6.45) is 1.24. The molecule has 0 saturated carbocycles. The van der Waals surface area contributed by atoms with Crippen molar-refractivity contribution in [1.82, 2.24) is 10.6 Å². The minimum atomic E-state index is -0.643. The van der Waals surface area contributed by atoms with Crippen LogP contribution in [-0.2, 0) is 5.54 Å². The molecule has 0 spiro atoms. The largest absolute Gasteiger partial charge is 0.396 e. The third-order valence-corrected chi connectivity index (χ3v) is 4.15. The van der Waals surface area contributed by atoms with Crippen LogP contribution in [-0.4, -0.2) is 17.7 Å². The zero-order valence-corrected chi connectivity index (χ0v) is 14.6. The van der Waals surface area contributed by atoms with Crippen LogP contribution in [0.5, 0.6) is 0 Å². The Kier molecular flexibility index (Phi) is 6.53. The number of urea groups is 1. The van der Waals surface area contributed by atoms with E-state index in [1.165, 1.54) is 12.1 Å². The minimum absolute atomic E-state index is 0.0771. The van der Waals surface area contributed by atoms with Gasteiger partial charge >= 0.3 is 6.03 Å².